The fourth-order valence-corrected chi connectivity index (χ4v) is 2.00. The first-order chi connectivity index (χ1) is 10.3. The number of ether oxygens (including phenoxy) is 3. The highest BCUT2D eigenvalue weighted by molar-refractivity contribution is 5.40. The molecule has 0 heterocycles. The predicted octanol–water partition coefficient (Wildman–Crippen LogP) is 2.65. The molecule has 0 atom stereocenters. The van der Waals surface area contributed by atoms with Crippen LogP contribution in [-0.4, -0.2) is 26.9 Å². The van der Waals surface area contributed by atoms with E-state index in [1.165, 1.54) is 0 Å². The van der Waals surface area contributed by atoms with Crippen molar-refractivity contribution in [2.45, 2.75) is 6.42 Å². The smallest absolute Gasteiger partial charge is 0.122 e. The molecule has 0 bridgehead atoms. The lowest BCUT2D eigenvalue weighted by Gasteiger charge is -2.13. The van der Waals surface area contributed by atoms with Crippen LogP contribution in [0.5, 0.6) is 17.2 Å². The van der Waals surface area contributed by atoms with E-state index in [4.69, 9.17) is 19.9 Å². The lowest BCUT2D eigenvalue weighted by Crippen LogP contribution is -2.11. The molecule has 4 nitrogen and oxygen atoms in total. The fraction of sp³-hybridized carbons (Fsp3) is 0.294. The molecule has 0 aliphatic heterocycles. The maximum Gasteiger partial charge on any atom is 0.122 e. The first-order valence-corrected chi connectivity index (χ1v) is 7.01. The highest BCUT2D eigenvalue weighted by atomic mass is 16.5. The number of para-hydroxylation sites is 1. The van der Waals surface area contributed by atoms with Gasteiger partial charge in [0.25, 0.3) is 0 Å². The van der Waals surface area contributed by atoms with E-state index in [0.29, 0.717) is 19.8 Å². The van der Waals surface area contributed by atoms with Crippen molar-refractivity contribution in [2.24, 2.45) is 5.73 Å². The highest BCUT2D eigenvalue weighted by Crippen LogP contribution is 2.24. The van der Waals surface area contributed by atoms with Crippen LogP contribution in [0.15, 0.2) is 48.5 Å². The predicted molar refractivity (Wildman–Crippen MR) is 83.2 cm³/mol. The SMILES string of the molecule is COc1ccc(OCCOc2ccccc2)c(CCN)c1. The third-order valence-corrected chi connectivity index (χ3v) is 3.03. The molecule has 2 aromatic rings. The number of hydrogen-bond donors (Lipinski definition) is 1. The maximum absolute atomic E-state index is 5.77. The number of nitrogens with two attached hydrogens (primary N) is 1. The van der Waals surface area contributed by atoms with Crippen LogP contribution in [0, 0.1) is 0 Å². The zero-order chi connectivity index (χ0) is 14.9. The second-order valence-electron chi connectivity index (χ2n) is 4.52. The van der Waals surface area contributed by atoms with Crippen LogP contribution < -0.4 is 19.9 Å². The number of methoxy groups -OCH3 is 1. The van der Waals surface area contributed by atoms with Gasteiger partial charge in [-0.25, -0.2) is 0 Å². The Morgan fingerprint density at radius 3 is 2.38 bits per heavy atom. The summed E-state index contributed by atoms with van der Waals surface area (Å²) in [6.07, 6.45) is 0.756. The Hall–Kier alpha value is -2.20. The molecule has 2 aromatic carbocycles. The summed E-state index contributed by atoms with van der Waals surface area (Å²) < 4.78 is 16.6. The van der Waals surface area contributed by atoms with E-state index < -0.39 is 0 Å². The van der Waals surface area contributed by atoms with Gasteiger partial charge in [-0.1, -0.05) is 18.2 Å². The molecular formula is C17H21NO3. The van der Waals surface area contributed by atoms with Crippen LogP contribution in [-0.2, 0) is 6.42 Å². The van der Waals surface area contributed by atoms with Gasteiger partial charge in [0, 0.05) is 0 Å². The molecule has 0 radical (unpaired) electrons. The first kappa shape index (κ1) is 15.2. The molecule has 2 rings (SSSR count). The summed E-state index contributed by atoms with van der Waals surface area (Å²) in [7, 11) is 1.65. The molecule has 0 saturated heterocycles. The zero-order valence-electron chi connectivity index (χ0n) is 12.2. The summed E-state index contributed by atoms with van der Waals surface area (Å²) in [5, 5.41) is 0. The van der Waals surface area contributed by atoms with Crippen LogP contribution in [0.1, 0.15) is 5.56 Å². The Kier molecular flexibility index (Phi) is 5.91. The molecule has 0 aliphatic rings. The summed E-state index contributed by atoms with van der Waals surface area (Å²) in [4.78, 5) is 0. The minimum absolute atomic E-state index is 0.485. The Balaban J connectivity index is 1.87. The van der Waals surface area contributed by atoms with Gasteiger partial charge in [-0.2, -0.15) is 0 Å². The van der Waals surface area contributed by atoms with Gasteiger partial charge in [0.1, 0.15) is 30.5 Å². The van der Waals surface area contributed by atoms with Crippen molar-refractivity contribution < 1.29 is 14.2 Å². The molecule has 0 spiro atoms. The van der Waals surface area contributed by atoms with Gasteiger partial charge < -0.3 is 19.9 Å². The summed E-state index contributed by atoms with van der Waals surface area (Å²) in [6.45, 7) is 1.56. The van der Waals surface area contributed by atoms with Gasteiger partial charge in [0.05, 0.1) is 7.11 Å². The molecule has 0 amide bonds. The highest BCUT2D eigenvalue weighted by Gasteiger charge is 2.05. The second-order valence-corrected chi connectivity index (χ2v) is 4.52. The molecule has 0 saturated carbocycles. The molecular weight excluding hydrogens is 266 g/mol. The molecule has 0 fully saturated rings. The topological polar surface area (TPSA) is 53.7 Å². The van der Waals surface area contributed by atoms with Gasteiger partial charge in [-0.05, 0) is 48.9 Å². The van der Waals surface area contributed by atoms with E-state index in [9.17, 15) is 0 Å². The molecule has 0 aromatic heterocycles. The van der Waals surface area contributed by atoms with Crippen molar-refractivity contribution in [1.29, 1.82) is 0 Å². The van der Waals surface area contributed by atoms with Crippen molar-refractivity contribution in [3.63, 3.8) is 0 Å². The Morgan fingerprint density at radius 1 is 0.905 bits per heavy atom. The van der Waals surface area contributed by atoms with E-state index in [1.54, 1.807) is 7.11 Å². The minimum atomic E-state index is 0.485. The quantitative estimate of drug-likeness (QED) is 0.758. The summed E-state index contributed by atoms with van der Waals surface area (Å²) >= 11 is 0. The second kappa shape index (κ2) is 8.17. The van der Waals surface area contributed by atoms with E-state index >= 15 is 0 Å². The van der Waals surface area contributed by atoms with Crippen LogP contribution in [0.2, 0.25) is 0 Å². The molecule has 0 unspecified atom stereocenters. The van der Waals surface area contributed by atoms with Crippen molar-refractivity contribution in [3.8, 4) is 17.2 Å². The summed E-state index contributed by atoms with van der Waals surface area (Å²) in [5.41, 5.74) is 6.68. The Bertz CT molecular complexity index is 543. The zero-order valence-corrected chi connectivity index (χ0v) is 12.2. The van der Waals surface area contributed by atoms with Gasteiger partial charge >= 0.3 is 0 Å². The first-order valence-electron chi connectivity index (χ1n) is 7.01. The Morgan fingerprint density at radius 2 is 1.67 bits per heavy atom. The van der Waals surface area contributed by atoms with Crippen LogP contribution in [0.3, 0.4) is 0 Å². The van der Waals surface area contributed by atoms with Crippen LogP contribution in [0.4, 0.5) is 0 Å². The van der Waals surface area contributed by atoms with Crippen LogP contribution >= 0.6 is 0 Å². The van der Waals surface area contributed by atoms with E-state index in [2.05, 4.69) is 0 Å². The molecule has 0 aliphatic carbocycles. The van der Waals surface area contributed by atoms with Gasteiger partial charge in [-0.3, -0.25) is 0 Å². The van der Waals surface area contributed by atoms with E-state index in [1.807, 2.05) is 48.5 Å². The van der Waals surface area contributed by atoms with Crippen molar-refractivity contribution in [3.05, 3.63) is 54.1 Å². The van der Waals surface area contributed by atoms with Crippen molar-refractivity contribution in [1.82, 2.24) is 0 Å². The lowest BCUT2D eigenvalue weighted by molar-refractivity contribution is 0.216. The van der Waals surface area contributed by atoms with E-state index in [-0.39, 0.29) is 0 Å². The van der Waals surface area contributed by atoms with Gasteiger partial charge in [0.2, 0.25) is 0 Å². The standard InChI is InChI=1S/C17H21NO3/c1-19-16-7-8-17(14(13-16)9-10-18)21-12-11-20-15-5-3-2-4-6-15/h2-8,13H,9-12,18H2,1H3. The van der Waals surface area contributed by atoms with Crippen LogP contribution in [0.25, 0.3) is 0 Å². The summed E-state index contributed by atoms with van der Waals surface area (Å²) in [5.74, 6) is 2.49. The van der Waals surface area contributed by atoms with Crippen molar-refractivity contribution in [2.75, 3.05) is 26.9 Å². The number of hydrogen-bond acceptors (Lipinski definition) is 4. The number of benzene rings is 2. The largest absolute Gasteiger partial charge is 0.497 e. The average Bonchev–Trinajstić information content (AvgIpc) is 2.54. The minimum Gasteiger partial charge on any atom is -0.497 e. The Labute approximate surface area is 125 Å². The lowest BCUT2D eigenvalue weighted by atomic mass is 10.1. The molecule has 112 valence electrons. The monoisotopic (exact) mass is 287 g/mol. The molecule has 2 N–H and O–H groups in total. The average molecular weight is 287 g/mol. The van der Waals surface area contributed by atoms with Crippen molar-refractivity contribution >= 4 is 0 Å². The summed E-state index contributed by atoms with van der Waals surface area (Å²) in [6, 6.07) is 15.4. The number of rotatable bonds is 8. The third kappa shape index (κ3) is 4.68. The van der Waals surface area contributed by atoms with Gasteiger partial charge in [-0.15, -0.1) is 0 Å². The van der Waals surface area contributed by atoms with Gasteiger partial charge in [0.15, 0.2) is 0 Å². The molecule has 4 heteroatoms. The normalized spacial score (nSPS) is 10.2. The third-order valence-electron chi connectivity index (χ3n) is 3.03. The maximum atomic E-state index is 5.77. The molecule has 21 heavy (non-hydrogen) atoms. The van der Waals surface area contributed by atoms with E-state index in [0.717, 1.165) is 29.2 Å². The fourth-order valence-electron chi connectivity index (χ4n) is 2.00.